The molecule has 0 spiro atoms. The molecule has 0 saturated heterocycles. The fourth-order valence-corrected chi connectivity index (χ4v) is 6.03. The molecule has 0 heterocycles. The summed E-state index contributed by atoms with van der Waals surface area (Å²) in [6.45, 7) is 6.35. The second-order valence-corrected chi connectivity index (χ2v) is 15.3. The maximum absolute atomic E-state index is 12.7. The molecule has 6 nitrogen and oxygen atoms in total. The molecular formula is C53H86O6. The normalized spacial score (nSPS) is 12.9. The maximum atomic E-state index is 12.7. The van der Waals surface area contributed by atoms with Gasteiger partial charge < -0.3 is 14.2 Å². The molecule has 334 valence electrons. The number of carbonyl (C=O) groups is 3. The maximum Gasteiger partial charge on any atom is 0.306 e. The molecule has 0 aliphatic heterocycles. The van der Waals surface area contributed by atoms with Gasteiger partial charge in [-0.05, 0) is 77.0 Å². The quantitative estimate of drug-likeness (QED) is 0.0201. The van der Waals surface area contributed by atoms with Gasteiger partial charge in [0.2, 0.25) is 0 Å². The molecule has 6 heteroatoms. The number of hydrogen-bond acceptors (Lipinski definition) is 6. The molecule has 1 unspecified atom stereocenters. The third-order valence-electron chi connectivity index (χ3n) is 9.61. The van der Waals surface area contributed by atoms with Crippen molar-refractivity contribution in [2.24, 2.45) is 0 Å². The van der Waals surface area contributed by atoms with Crippen molar-refractivity contribution in [1.29, 1.82) is 0 Å². The molecule has 0 saturated carbocycles. The van der Waals surface area contributed by atoms with E-state index in [4.69, 9.17) is 14.2 Å². The fraction of sp³-hybridized carbons (Fsp3) is 0.642. The smallest absolute Gasteiger partial charge is 0.306 e. The average Bonchev–Trinajstić information content (AvgIpc) is 3.23. The Hall–Kier alpha value is -3.67. The van der Waals surface area contributed by atoms with E-state index in [-0.39, 0.29) is 44.0 Å². The number of ether oxygens (including phenoxy) is 3. The fourth-order valence-electron chi connectivity index (χ4n) is 6.03. The molecule has 0 fully saturated rings. The molecule has 0 aromatic carbocycles. The molecule has 0 aliphatic carbocycles. The van der Waals surface area contributed by atoms with Crippen molar-refractivity contribution in [3.05, 3.63) is 97.2 Å². The van der Waals surface area contributed by atoms with Gasteiger partial charge in [-0.3, -0.25) is 14.4 Å². The van der Waals surface area contributed by atoms with Crippen LogP contribution in [0.2, 0.25) is 0 Å². The molecule has 0 aliphatic rings. The van der Waals surface area contributed by atoms with E-state index >= 15 is 0 Å². The minimum atomic E-state index is -0.818. The van der Waals surface area contributed by atoms with Crippen LogP contribution in [0.3, 0.4) is 0 Å². The van der Waals surface area contributed by atoms with Crippen LogP contribution in [0, 0.1) is 0 Å². The summed E-state index contributed by atoms with van der Waals surface area (Å²) < 4.78 is 16.6. The zero-order valence-corrected chi connectivity index (χ0v) is 38.0. The van der Waals surface area contributed by atoms with Gasteiger partial charge in [0.1, 0.15) is 13.2 Å². The molecule has 0 radical (unpaired) electrons. The summed E-state index contributed by atoms with van der Waals surface area (Å²) in [5.41, 5.74) is 0. The monoisotopic (exact) mass is 819 g/mol. The van der Waals surface area contributed by atoms with Crippen LogP contribution in [-0.2, 0) is 28.6 Å². The van der Waals surface area contributed by atoms with E-state index in [1.807, 2.05) is 12.2 Å². The van der Waals surface area contributed by atoms with Crippen LogP contribution in [0.4, 0.5) is 0 Å². The summed E-state index contributed by atoms with van der Waals surface area (Å²) in [7, 11) is 0. The second kappa shape index (κ2) is 47.0. The highest BCUT2D eigenvalue weighted by Crippen LogP contribution is 2.13. The summed E-state index contributed by atoms with van der Waals surface area (Å²) in [5.74, 6) is -1.04. The molecule has 0 aromatic rings. The van der Waals surface area contributed by atoms with Crippen LogP contribution in [-0.4, -0.2) is 37.2 Å². The third kappa shape index (κ3) is 45.3. The summed E-state index contributed by atoms with van der Waals surface area (Å²) >= 11 is 0. The van der Waals surface area contributed by atoms with Gasteiger partial charge >= 0.3 is 17.9 Å². The lowest BCUT2D eigenvalue weighted by atomic mass is 10.1. The van der Waals surface area contributed by atoms with Crippen LogP contribution >= 0.6 is 0 Å². The number of unbranched alkanes of at least 4 members (excludes halogenated alkanes) is 15. The van der Waals surface area contributed by atoms with Gasteiger partial charge in [-0.1, -0.05) is 201 Å². The standard InChI is InChI=1S/C53H86O6/c1-4-7-10-13-16-19-22-23-24-25-26-27-28-29-32-34-37-40-43-46-52(55)58-49-50(59-53(56)47-44-41-38-35-31-21-18-15-12-9-6-3)48-57-51(54)45-42-39-36-33-30-20-17-14-11-8-5-2/h7,10,15-16,18-19,21,23-24,26-27,29,31-32,37,40,50H,4-6,8-9,11-14,17,20,22,25,28,30,33-36,38-39,41-49H2,1-3H3/b10-7-,18-15-,19-16-,24-23-,27-26-,31-21-,32-29-,40-37-. The lowest BCUT2D eigenvalue weighted by Crippen LogP contribution is -2.30. The van der Waals surface area contributed by atoms with Gasteiger partial charge in [0.25, 0.3) is 0 Å². The Morgan fingerprint density at radius 3 is 1.25 bits per heavy atom. The summed E-state index contributed by atoms with van der Waals surface area (Å²) in [6.07, 6.45) is 61.2. The Labute approximate surface area is 362 Å². The predicted octanol–water partition coefficient (Wildman–Crippen LogP) is 15.4. The molecule has 59 heavy (non-hydrogen) atoms. The van der Waals surface area contributed by atoms with Crippen LogP contribution in [0.25, 0.3) is 0 Å². The van der Waals surface area contributed by atoms with Gasteiger partial charge in [0, 0.05) is 19.3 Å². The summed E-state index contributed by atoms with van der Waals surface area (Å²) in [4.78, 5) is 37.7. The molecule has 0 N–H and O–H groups in total. The molecule has 0 rings (SSSR count). The number of allylic oxidation sites excluding steroid dienone is 16. The van der Waals surface area contributed by atoms with Crippen molar-refractivity contribution in [1.82, 2.24) is 0 Å². The van der Waals surface area contributed by atoms with E-state index in [1.54, 1.807) is 0 Å². The van der Waals surface area contributed by atoms with E-state index in [0.717, 1.165) is 89.9 Å². The topological polar surface area (TPSA) is 78.9 Å². The average molecular weight is 819 g/mol. The van der Waals surface area contributed by atoms with Crippen molar-refractivity contribution in [2.45, 2.75) is 207 Å². The SMILES string of the molecule is CC/C=C\C/C=C\C/C=C\C/C=C\C/C=C\C/C=C\CCC(=O)OCC(COC(=O)CCCCCCCCCCCCC)OC(=O)CCCCC/C=C\C=C/CCCC. The number of hydrogen-bond donors (Lipinski definition) is 0. The lowest BCUT2D eigenvalue weighted by Gasteiger charge is -2.18. The highest BCUT2D eigenvalue weighted by atomic mass is 16.6. The predicted molar refractivity (Wildman–Crippen MR) is 251 cm³/mol. The zero-order chi connectivity index (χ0) is 43.0. The van der Waals surface area contributed by atoms with Gasteiger partial charge in [0.15, 0.2) is 6.10 Å². The van der Waals surface area contributed by atoms with Crippen molar-refractivity contribution in [3.8, 4) is 0 Å². The number of carbonyl (C=O) groups excluding carboxylic acids is 3. The first-order chi connectivity index (χ1) is 29.0. The Morgan fingerprint density at radius 1 is 0.373 bits per heavy atom. The van der Waals surface area contributed by atoms with E-state index < -0.39 is 6.10 Å². The zero-order valence-electron chi connectivity index (χ0n) is 38.0. The second-order valence-electron chi connectivity index (χ2n) is 15.3. The molecular weight excluding hydrogens is 733 g/mol. The number of rotatable bonds is 41. The largest absolute Gasteiger partial charge is 0.462 e. The molecule has 0 aromatic heterocycles. The number of esters is 3. The van der Waals surface area contributed by atoms with Crippen LogP contribution < -0.4 is 0 Å². The van der Waals surface area contributed by atoms with E-state index in [0.29, 0.717) is 12.8 Å². The summed E-state index contributed by atoms with van der Waals surface area (Å²) in [5, 5.41) is 0. The van der Waals surface area contributed by atoms with Gasteiger partial charge in [0.05, 0.1) is 0 Å². The first-order valence-corrected chi connectivity index (χ1v) is 23.8. The third-order valence-corrected chi connectivity index (χ3v) is 9.61. The minimum Gasteiger partial charge on any atom is -0.462 e. The molecule has 1 atom stereocenters. The first kappa shape index (κ1) is 55.3. The first-order valence-electron chi connectivity index (χ1n) is 23.8. The van der Waals surface area contributed by atoms with E-state index in [9.17, 15) is 14.4 Å². The van der Waals surface area contributed by atoms with Crippen LogP contribution in [0.15, 0.2) is 97.2 Å². The van der Waals surface area contributed by atoms with Crippen LogP contribution in [0.1, 0.15) is 201 Å². The van der Waals surface area contributed by atoms with Gasteiger partial charge in [-0.2, -0.15) is 0 Å². The van der Waals surface area contributed by atoms with Gasteiger partial charge in [-0.25, -0.2) is 0 Å². The van der Waals surface area contributed by atoms with Gasteiger partial charge in [-0.15, -0.1) is 0 Å². The highest BCUT2D eigenvalue weighted by molar-refractivity contribution is 5.71. The van der Waals surface area contributed by atoms with Crippen molar-refractivity contribution in [2.75, 3.05) is 13.2 Å². The van der Waals surface area contributed by atoms with Crippen molar-refractivity contribution < 1.29 is 28.6 Å². The Kier molecular flexibility index (Phi) is 44.1. The minimum absolute atomic E-state index is 0.112. The molecule has 0 amide bonds. The van der Waals surface area contributed by atoms with E-state index in [1.165, 1.54) is 64.2 Å². The van der Waals surface area contributed by atoms with E-state index in [2.05, 4.69) is 106 Å². The van der Waals surface area contributed by atoms with Crippen molar-refractivity contribution >= 4 is 17.9 Å². The Balaban J connectivity index is 4.51. The lowest BCUT2D eigenvalue weighted by molar-refractivity contribution is -0.166. The van der Waals surface area contributed by atoms with Crippen molar-refractivity contribution in [3.63, 3.8) is 0 Å². The Morgan fingerprint density at radius 2 is 0.763 bits per heavy atom. The summed E-state index contributed by atoms with van der Waals surface area (Å²) in [6, 6.07) is 0. The Bertz CT molecular complexity index is 1220. The molecule has 0 bridgehead atoms. The highest BCUT2D eigenvalue weighted by Gasteiger charge is 2.19. The van der Waals surface area contributed by atoms with Crippen LogP contribution in [0.5, 0.6) is 0 Å².